The van der Waals surface area contributed by atoms with E-state index < -0.39 is 29.9 Å². The molecule has 0 radical (unpaired) electrons. The van der Waals surface area contributed by atoms with Gasteiger partial charge in [0.1, 0.15) is 6.17 Å². The van der Waals surface area contributed by atoms with Crippen LogP contribution in [0.4, 0.5) is 4.39 Å². The Labute approximate surface area is 101 Å². The van der Waals surface area contributed by atoms with E-state index in [2.05, 4.69) is 4.84 Å². The molecule has 1 aliphatic carbocycles. The first-order valence-electron chi connectivity index (χ1n) is 5.43. The van der Waals surface area contributed by atoms with Crippen molar-refractivity contribution in [2.75, 3.05) is 0 Å². The van der Waals surface area contributed by atoms with Crippen LogP contribution in [0.15, 0.2) is 24.3 Å². The number of carbonyl (C=O) groups is 3. The molecule has 2 amide bonds. The summed E-state index contributed by atoms with van der Waals surface area (Å²) in [6.07, 6.45) is -1.14. The van der Waals surface area contributed by atoms with Crippen molar-refractivity contribution in [1.82, 2.24) is 5.06 Å². The zero-order valence-electron chi connectivity index (χ0n) is 9.13. The third-order valence-corrected chi connectivity index (χ3v) is 2.95. The maximum Gasteiger partial charge on any atom is 0.339 e. The van der Waals surface area contributed by atoms with Crippen LogP contribution in [0.5, 0.6) is 0 Å². The summed E-state index contributed by atoms with van der Waals surface area (Å²) in [5.41, 5.74) is 0.366. The predicted octanol–water partition coefficient (Wildman–Crippen LogP) is 1.10. The maximum absolute atomic E-state index is 12.7. The molecular formula is C12H8FNO4. The molecule has 2 aliphatic rings. The van der Waals surface area contributed by atoms with Crippen LogP contribution in [0.1, 0.15) is 27.1 Å². The highest BCUT2D eigenvalue weighted by Crippen LogP contribution is 2.35. The molecule has 1 heterocycles. The largest absolute Gasteiger partial charge is 0.339 e. The molecule has 1 saturated carbocycles. The zero-order valence-corrected chi connectivity index (χ0v) is 9.13. The smallest absolute Gasteiger partial charge is 0.329 e. The van der Waals surface area contributed by atoms with E-state index in [9.17, 15) is 18.8 Å². The third-order valence-electron chi connectivity index (χ3n) is 2.95. The van der Waals surface area contributed by atoms with E-state index in [0.29, 0.717) is 5.06 Å². The number of hydroxylamine groups is 2. The molecule has 2 atom stereocenters. The molecule has 0 spiro atoms. The fourth-order valence-corrected chi connectivity index (χ4v) is 1.82. The molecule has 1 fully saturated rings. The molecule has 0 saturated heterocycles. The highest BCUT2D eigenvalue weighted by Gasteiger charge is 2.48. The van der Waals surface area contributed by atoms with Gasteiger partial charge in [-0.15, -0.1) is 0 Å². The number of halogens is 1. The van der Waals surface area contributed by atoms with Gasteiger partial charge >= 0.3 is 5.97 Å². The Balaban J connectivity index is 1.82. The van der Waals surface area contributed by atoms with Gasteiger partial charge in [-0.25, -0.2) is 9.18 Å². The molecule has 18 heavy (non-hydrogen) atoms. The quantitative estimate of drug-likeness (QED) is 0.736. The predicted molar refractivity (Wildman–Crippen MR) is 56.0 cm³/mol. The van der Waals surface area contributed by atoms with E-state index in [1.807, 2.05) is 0 Å². The van der Waals surface area contributed by atoms with Gasteiger partial charge in [0.05, 0.1) is 17.0 Å². The van der Waals surface area contributed by atoms with E-state index in [0.717, 1.165) is 0 Å². The highest BCUT2D eigenvalue weighted by atomic mass is 19.1. The first kappa shape index (κ1) is 10.9. The van der Waals surface area contributed by atoms with Crippen molar-refractivity contribution >= 4 is 17.8 Å². The molecule has 5 nitrogen and oxygen atoms in total. The van der Waals surface area contributed by atoms with Gasteiger partial charge in [0.25, 0.3) is 11.8 Å². The van der Waals surface area contributed by atoms with Gasteiger partial charge in [-0.3, -0.25) is 9.59 Å². The van der Waals surface area contributed by atoms with Gasteiger partial charge in [-0.05, 0) is 18.6 Å². The minimum atomic E-state index is -1.23. The Morgan fingerprint density at radius 2 is 1.72 bits per heavy atom. The topological polar surface area (TPSA) is 63.7 Å². The van der Waals surface area contributed by atoms with Crippen molar-refractivity contribution in [2.24, 2.45) is 5.92 Å². The molecular weight excluding hydrogens is 241 g/mol. The molecule has 0 bridgehead atoms. The van der Waals surface area contributed by atoms with Crippen molar-refractivity contribution in [3.63, 3.8) is 0 Å². The van der Waals surface area contributed by atoms with Crippen molar-refractivity contribution in [3.05, 3.63) is 35.4 Å². The first-order chi connectivity index (χ1) is 8.59. The normalized spacial score (nSPS) is 25.1. The summed E-state index contributed by atoms with van der Waals surface area (Å²) in [6.45, 7) is 0. The summed E-state index contributed by atoms with van der Waals surface area (Å²) in [7, 11) is 0. The minimum absolute atomic E-state index is 0.0853. The lowest BCUT2D eigenvalue weighted by atomic mass is 10.1. The number of benzene rings is 1. The van der Waals surface area contributed by atoms with Crippen LogP contribution in [0.2, 0.25) is 0 Å². The molecule has 0 unspecified atom stereocenters. The second-order valence-corrected chi connectivity index (χ2v) is 4.22. The average Bonchev–Trinajstić information content (AvgIpc) is 3.06. The van der Waals surface area contributed by atoms with Gasteiger partial charge in [-0.1, -0.05) is 17.2 Å². The number of imide groups is 1. The van der Waals surface area contributed by atoms with Crippen molar-refractivity contribution in [2.45, 2.75) is 12.6 Å². The number of nitrogens with zero attached hydrogens (tertiary/aromatic N) is 1. The minimum Gasteiger partial charge on any atom is -0.329 e. The molecule has 1 aliphatic heterocycles. The second-order valence-electron chi connectivity index (χ2n) is 4.22. The number of rotatable bonds is 2. The zero-order chi connectivity index (χ0) is 12.9. The van der Waals surface area contributed by atoms with Gasteiger partial charge in [0, 0.05) is 0 Å². The fourth-order valence-electron chi connectivity index (χ4n) is 1.82. The molecule has 0 N–H and O–H groups in total. The van der Waals surface area contributed by atoms with Gasteiger partial charge < -0.3 is 4.84 Å². The van der Waals surface area contributed by atoms with Crippen molar-refractivity contribution in [1.29, 1.82) is 0 Å². The summed E-state index contributed by atoms with van der Waals surface area (Å²) >= 11 is 0. The first-order valence-corrected chi connectivity index (χ1v) is 5.43. The second kappa shape index (κ2) is 3.63. The Bertz CT molecular complexity index is 536. The van der Waals surface area contributed by atoms with Crippen LogP contribution < -0.4 is 0 Å². The van der Waals surface area contributed by atoms with E-state index in [4.69, 9.17) is 0 Å². The summed E-state index contributed by atoms with van der Waals surface area (Å²) < 4.78 is 12.7. The summed E-state index contributed by atoms with van der Waals surface area (Å²) in [6, 6.07) is 6.15. The van der Waals surface area contributed by atoms with Crippen LogP contribution in [0.25, 0.3) is 0 Å². The van der Waals surface area contributed by atoms with Gasteiger partial charge in [-0.2, -0.15) is 0 Å². The number of hydrogen-bond acceptors (Lipinski definition) is 4. The average molecular weight is 249 g/mol. The number of fused-ring (bicyclic) bond motifs is 1. The molecule has 1 aromatic rings. The Kier molecular flexibility index (Phi) is 2.19. The lowest BCUT2D eigenvalue weighted by molar-refractivity contribution is -0.170. The number of alkyl halides is 1. The van der Waals surface area contributed by atoms with E-state index in [1.165, 1.54) is 12.1 Å². The SMILES string of the molecule is O=C(ON1C(=O)c2ccccc2C1=O)[C@H]1C[C@H]1F. The number of amides is 2. The van der Waals surface area contributed by atoms with Crippen LogP contribution in [0.3, 0.4) is 0 Å². The lowest BCUT2D eigenvalue weighted by Crippen LogP contribution is -2.33. The van der Waals surface area contributed by atoms with Crippen LogP contribution in [-0.4, -0.2) is 29.0 Å². The maximum atomic E-state index is 12.7. The van der Waals surface area contributed by atoms with Crippen molar-refractivity contribution in [3.8, 4) is 0 Å². The van der Waals surface area contributed by atoms with Crippen LogP contribution in [0, 0.1) is 5.92 Å². The molecule has 6 heteroatoms. The fraction of sp³-hybridized carbons (Fsp3) is 0.250. The number of hydrogen-bond donors (Lipinski definition) is 0. The lowest BCUT2D eigenvalue weighted by Gasteiger charge is -2.11. The molecule has 92 valence electrons. The van der Waals surface area contributed by atoms with Gasteiger partial charge in [0.15, 0.2) is 0 Å². The summed E-state index contributed by atoms with van der Waals surface area (Å²) in [4.78, 5) is 39.7. The third kappa shape index (κ3) is 1.49. The standard InChI is InChI=1S/C12H8FNO4/c13-9-5-8(9)12(17)18-14-10(15)6-3-1-2-4-7(6)11(14)16/h1-4,8-9H,5H2/t8-,9+/m0/s1. The van der Waals surface area contributed by atoms with E-state index in [1.54, 1.807) is 12.1 Å². The van der Waals surface area contributed by atoms with Crippen LogP contribution in [-0.2, 0) is 9.63 Å². The molecule has 0 aromatic heterocycles. The molecule has 1 aromatic carbocycles. The van der Waals surface area contributed by atoms with Crippen molar-refractivity contribution < 1.29 is 23.6 Å². The summed E-state index contributed by atoms with van der Waals surface area (Å²) in [5, 5.41) is 0.401. The Hall–Kier alpha value is -2.24. The van der Waals surface area contributed by atoms with E-state index in [-0.39, 0.29) is 17.5 Å². The Morgan fingerprint density at radius 3 is 2.17 bits per heavy atom. The van der Waals surface area contributed by atoms with Crippen LogP contribution >= 0.6 is 0 Å². The van der Waals surface area contributed by atoms with Gasteiger partial charge in [0.2, 0.25) is 0 Å². The monoisotopic (exact) mass is 249 g/mol. The number of carbonyl (C=O) groups excluding carboxylic acids is 3. The summed E-state index contributed by atoms with van der Waals surface area (Å²) in [5.74, 6) is -3.12. The Morgan fingerprint density at radius 1 is 1.22 bits per heavy atom. The van der Waals surface area contributed by atoms with E-state index >= 15 is 0 Å². The highest BCUT2D eigenvalue weighted by molar-refractivity contribution is 6.20. The molecule has 3 rings (SSSR count).